The molecule has 0 fully saturated rings. The van der Waals surface area contributed by atoms with Gasteiger partial charge in [-0.05, 0) is 13.0 Å². The molecule has 1 aromatic heterocycles. The summed E-state index contributed by atoms with van der Waals surface area (Å²) in [5, 5.41) is 22.6. The van der Waals surface area contributed by atoms with Crippen LogP contribution < -0.4 is 5.32 Å². The third kappa shape index (κ3) is 3.88. The molecule has 1 unspecified atom stereocenters. The summed E-state index contributed by atoms with van der Waals surface area (Å²) in [4.78, 5) is 25.3. The van der Waals surface area contributed by atoms with Crippen LogP contribution in [0.25, 0.3) is 0 Å². The van der Waals surface area contributed by atoms with Crippen LogP contribution in [0.2, 0.25) is 0 Å². The highest BCUT2D eigenvalue weighted by Gasteiger charge is 2.24. The number of hydrogen-bond acceptors (Lipinski definition) is 6. The molecule has 8 heteroatoms. The van der Waals surface area contributed by atoms with Gasteiger partial charge in [-0.3, -0.25) is 10.1 Å². The van der Waals surface area contributed by atoms with Crippen LogP contribution in [-0.2, 0) is 9.53 Å². The minimum atomic E-state index is -1.12. The van der Waals surface area contributed by atoms with E-state index in [2.05, 4.69) is 10.3 Å². The number of carbonyl (C=O) groups is 1. The van der Waals surface area contributed by atoms with Crippen molar-refractivity contribution in [1.29, 1.82) is 0 Å². The van der Waals surface area contributed by atoms with Crippen molar-refractivity contribution < 1.29 is 19.6 Å². The molecule has 0 saturated heterocycles. The van der Waals surface area contributed by atoms with Gasteiger partial charge in [0, 0.05) is 31.9 Å². The fourth-order valence-electron chi connectivity index (χ4n) is 1.54. The summed E-state index contributed by atoms with van der Waals surface area (Å²) >= 11 is 0. The van der Waals surface area contributed by atoms with Crippen molar-refractivity contribution in [1.82, 2.24) is 4.98 Å². The number of pyridine rings is 1. The normalized spacial score (nSPS) is 11.9. The molecule has 0 aliphatic heterocycles. The van der Waals surface area contributed by atoms with Crippen LogP contribution in [0.4, 0.5) is 11.5 Å². The summed E-state index contributed by atoms with van der Waals surface area (Å²) < 4.78 is 4.80. The molecule has 104 valence electrons. The number of rotatable bonds is 7. The molecular weight excluding hydrogens is 254 g/mol. The lowest BCUT2D eigenvalue weighted by Gasteiger charge is -2.14. The molecule has 1 heterocycles. The van der Waals surface area contributed by atoms with Gasteiger partial charge in [-0.2, -0.15) is 0 Å². The number of aliphatic carboxylic acids is 1. The van der Waals surface area contributed by atoms with Crippen molar-refractivity contribution in [3.8, 4) is 0 Å². The van der Waals surface area contributed by atoms with Gasteiger partial charge in [-0.25, -0.2) is 9.78 Å². The molecule has 2 N–H and O–H groups in total. The lowest BCUT2D eigenvalue weighted by Crippen LogP contribution is -2.31. The summed E-state index contributed by atoms with van der Waals surface area (Å²) in [6.07, 6.45) is 1.57. The molecule has 1 aromatic rings. The molecule has 1 rings (SSSR count). The molecule has 0 aliphatic rings. The Balaban J connectivity index is 2.99. The van der Waals surface area contributed by atoms with E-state index in [0.29, 0.717) is 5.56 Å². The average Bonchev–Trinajstić information content (AvgIpc) is 2.33. The number of nitro groups is 1. The highest BCUT2D eigenvalue weighted by Crippen LogP contribution is 2.26. The molecule has 19 heavy (non-hydrogen) atoms. The Morgan fingerprint density at radius 2 is 2.37 bits per heavy atom. The Bertz CT molecular complexity index is 477. The number of carboxylic acids is 1. The summed E-state index contributed by atoms with van der Waals surface area (Å²) in [6, 6.07) is 0.502. The van der Waals surface area contributed by atoms with Crippen LogP contribution in [0.5, 0.6) is 0 Å². The molecular formula is C11H15N3O5. The predicted octanol–water partition coefficient (Wildman–Crippen LogP) is 1.20. The highest BCUT2D eigenvalue weighted by molar-refractivity contribution is 5.78. The van der Waals surface area contributed by atoms with E-state index in [4.69, 9.17) is 9.84 Å². The lowest BCUT2D eigenvalue weighted by atomic mass is 10.2. The molecule has 0 amide bonds. The maximum atomic E-state index is 11.1. The standard InChI is InChI=1S/C11H15N3O5/c1-7-3-5-12-10(9(7)14(17)18)13-8(11(15)16)4-6-19-2/h3,5,8H,4,6H2,1-2H3,(H,12,13)(H,15,16). The van der Waals surface area contributed by atoms with Crippen LogP contribution in [-0.4, -0.2) is 40.7 Å². The summed E-state index contributed by atoms with van der Waals surface area (Å²) in [5.41, 5.74) is 0.199. The first kappa shape index (κ1) is 14.8. The minimum Gasteiger partial charge on any atom is -0.480 e. The van der Waals surface area contributed by atoms with Gasteiger partial charge in [-0.15, -0.1) is 0 Å². The van der Waals surface area contributed by atoms with Gasteiger partial charge in [0.1, 0.15) is 6.04 Å². The Morgan fingerprint density at radius 3 is 2.89 bits per heavy atom. The topological polar surface area (TPSA) is 115 Å². The number of anilines is 1. The van der Waals surface area contributed by atoms with E-state index in [1.54, 1.807) is 6.92 Å². The lowest BCUT2D eigenvalue weighted by molar-refractivity contribution is -0.384. The van der Waals surface area contributed by atoms with Crippen LogP contribution in [0.1, 0.15) is 12.0 Å². The molecule has 0 spiro atoms. The van der Waals surface area contributed by atoms with Gasteiger partial charge in [-0.1, -0.05) is 0 Å². The molecule has 0 aromatic carbocycles. The number of hydrogen-bond donors (Lipinski definition) is 2. The fraction of sp³-hybridized carbons (Fsp3) is 0.455. The number of nitrogens with one attached hydrogen (secondary N) is 1. The number of aryl methyl sites for hydroxylation is 1. The Kier molecular flexibility index (Phi) is 5.19. The van der Waals surface area contributed by atoms with Crippen molar-refractivity contribution >= 4 is 17.5 Å². The first-order valence-electron chi connectivity index (χ1n) is 5.55. The third-order valence-electron chi connectivity index (χ3n) is 2.53. The highest BCUT2D eigenvalue weighted by atomic mass is 16.6. The number of ether oxygens (including phenoxy) is 1. The fourth-order valence-corrected chi connectivity index (χ4v) is 1.54. The van der Waals surface area contributed by atoms with Gasteiger partial charge < -0.3 is 15.2 Å². The zero-order valence-corrected chi connectivity index (χ0v) is 10.6. The summed E-state index contributed by atoms with van der Waals surface area (Å²) in [7, 11) is 1.45. The maximum absolute atomic E-state index is 11.1. The van der Waals surface area contributed by atoms with Crippen LogP contribution in [0.15, 0.2) is 12.3 Å². The number of carboxylic acid groups (broad SMARTS) is 1. The van der Waals surface area contributed by atoms with Crippen molar-refractivity contribution in [3.63, 3.8) is 0 Å². The quantitative estimate of drug-likeness (QED) is 0.564. The van der Waals surface area contributed by atoms with E-state index >= 15 is 0 Å². The van der Waals surface area contributed by atoms with E-state index in [1.807, 2.05) is 0 Å². The average molecular weight is 269 g/mol. The van der Waals surface area contributed by atoms with Gasteiger partial charge in [0.2, 0.25) is 5.82 Å². The van der Waals surface area contributed by atoms with Crippen LogP contribution >= 0.6 is 0 Å². The molecule has 1 atom stereocenters. The van der Waals surface area contributed by atoms with Crippen LogP contribution in [0, 0.1) is 17.0 Å². The second kappa shape index (κ2) is 6.64. The van der Waals surface area contributed by atoms with E-state index in [0.717, 1.165) is 0 Å². The Hall–Kier alpha value is -2.22. The van der Waals surface area contributed by atoms with Crippen LogP contribution in [0.3, 0.4) is 0 Å². The van der Waals surface area contributed by atoms with E-state index in [1.165, 1.54) is 19.4 Å². The summed E-state index contributed by atoms with van der Waals surface area (Å²) in [5.74, 6) is -1.16. The van der Waals surface area contributed by atoms with Crippen molar-refractivity contribution in [2.75, 3.05) is 19.0 Å². The Morgan fingerprint density at radius 1 is 1.68 bits per heavy atom. The SMILES string of the molecule is COCCC(Nc1nccc(C)c1[N+](=O)[O-])C(=O)O. The van der Waals surface area contributed by atoms with E-state index in [9.17, 15) is 14.9 Å². The van der Waals surface area contributed by atoms with Gasteiger partial charge >= 0.3 is 11.7 Å². The first-order valence-corrected chi connectivity index (χ1v) is 5.55. The molecule has 0 radical (unpaired) electrons. The molecule has 0 bridgehead atoms. The maximum Gasteiger partial charge on any atom is 0.326 e. The molecule has 8 nitrogen and oxygen atoms in total. The van der Waals surface area contributed by atoms with Gasteiger partial charge in [0.05, 0.1) is 4.92 Å². The van der Waals surface area contributed by atoms with Crippen molar-refractivity contribution in [2.24, 2.45) is 0 Å². The zero-order chi connectivity index (χ0) is 14.4. The number of aromatic nitrogens is 1. The van der Waals surface area contributed by atoms with Gasteiger partial charge in [0.25, 0.3) is 0 Å². The van der Waals surface area contributed by atoms with Gasteiger partial charge in [0.15, 0.2) is 0 Å². The first-order chi connectivity index (χ1) is 8.97. The predicted molar refractivity (Wildman–Crippen MR) is 67.2 cm³/mol. The zero-order valence-electron chi connectivity index (χ0n) is 10.6. The largest absolute Gasteiger partial charge is 0.480 e. The second-order valence-electron chi connectivity index (χ2n) is 3.90. The molecule has 0 saturated carbocycles. The number of nitrogens with zero attached hydrogens (tertiary/aromatic N) is 2. The smallest absolute Gasteiger partial charge is 0.326 e. The Labute approximate surface area is 109 Å². The van der Waals surface area contributed by atoms with E-state index < -0.39 is 16.9 Å². The van der Waals surface area contributed by atoms with Crippen molar-refractivity contribution in [3.05, 3.63) is 27.9 Å². The monoisotopic (exact) mass is 269 g/mol. The summed E-state index contributed by atoms with van der Waals surface area (Å²) in [6.45, 7) is 1.79. The molecule has 0 aliphatic carbocycles. The number of methoxy groups -OCH3 is 1. The second-order valence-corrected chi connectivity index (χ2v) is 3.90. The van der Waals surface area contributed by atoms with E-state index in [-0.39, 0.29) is 24.5 Å². The van der Waals surface area contributed by atoms with Crippen molar-refractivity contribution in [2.45, 2.75) is 19.4 Å². The minimum absolute atomic E-state index is 0.0477. The third-order valence-corrected chi connectivity index (χ3v) is 2.53.